The molecule has 2 N–H and O–H groups in total. The first-order valence-electron chi connectivity index (χ1n) is 9.22. The average molecular weight is 391 g/mol. The molecule has 7 heteroatoms. The lowest BCUT2D eigenvalue weighted by Gasteiger charge is -2.32. The van der Waals surface area contributed by atoms with Crippen LogP contribution in [0.2, 0.25) is 0 Å². The summed E-state index contributed by atoms with van der Waals surface area (Å²) in [7, 11) is 0. The highest BCUT2D eigenvalue weighted by Crippen LogP contribution is 2.31. The number of ether oxygens (including phenoxy) is 1. The van der Waals surface area contributed by atoms with Crippen LogP contribution in [0.1, 0.15) is 44.6 Å². The van der Waals surface area contributed by atoms with E-state index in [0.717, 1.165) is 42.3 Å². The van der Waals surface area contributed by atoms with Crippen LogP contribution in [0, 0.1) is 13.8 Å². The molecule has 3 rings (SSSR count). The highest BCUT2D eigenvalue weighted by molar-refractivity contribution is 7.13. The SMILES string of the molecule is Cc1ccc(OCC(O)CN2CCC(c3ncc(C(=O)O)s3)CC2)c(C)c1. The molecule has 1 saturated heterocycles. The number of aryl methyl sites for hydroxylation is 2. The van der Waals surface area contributed by atoms with Gasteiger partial charge in [0.05, 0.1) is 11.2 Å². The maximum Gasteiger partial charge on any atom is 0.347 e. The summed E-state index contributed by atoms with van der Waals surface area (Å²) >= 11 is 1.27. The molecule has 0 spiro atoms. The van der Waals surface area contributed by atoms with Crippen LogP contribution >= 0.6 is 11.3 Å². The lowest BCUT2D eigenvalue weighted by Crippen LogP contribution is -2.40. The van der Waals surface area contributed by atoms with Gasteiger partial charge in [0, 0.05) is 12.5 Å². The van der Waals surface area contributed by atoms with E-state index in [9.17, 15) is 9.90 Å². The summed E-state index contributed by atoms with van der Waals surface area (Å²) in [6.07, 6.45) is 2.76. The van der Waals surface area contributed by atoms with Crippen molar-refractivity contribution in [2.24, 2.45) is 0 Å². The molecule has 2 aromatic rings. The predicted molar refractivity (Wildman–Crippen MR) is 105 cm³/mol. The standard InChI is InChI=1S/C20H26N2O4S/c1-13-3-4-17(14(2)9-13)26-12-16(23)11-22-7-5-15(6-8-22)19-21-10-18(27-19)20(24)25/h3-4,9-10,15-16,23H,5-8,11-12H2,1-2H3,(H,24,25). The number of aliphatic hydroxyl groups is 1. The molecule has 0 radical (unpaired) electrons. The summed E-state index contributed by atoms with van der Waals surface area (Å²) in [5.74, 6) is 0.211. The minimum absolute atomic E-state index is 0.276. The molecule has 1 unspecified atom stereocenters. The molecular formula is C20H26N2O4S. The van der Waals surface area contributed by atoms with Crippen LogP contribution in [-0.2, 0) is 0 Å². The molecule has 1 atom stereocenters. The van der Waals surface area contributed by atoms with Gasteiger partial charge in [0.15, 0.2) is 0 Å². The van der Waals surface area contributed by atoms with Crippen LogP contribution in [-0.4, -0.2) is 58.4 Å². The van der Waals surface area contributed by atoms with E-state index in [2.05, 4.69) is 16.0 Å². The second-order valence-electron chi connectivity index (χ2n) is 7.18. The quantitative estimate of drug-likeness (QED) is 0.756. The number of aromatic nitrogens is 1. The van der Waals surface area contributed by atoms with Crippen molar-refractivity contribution < 1.29 is 19.7 Å². The Balaban J connectivity index is 1.43. The lowest BCUT2D eigenvalue weighted by atomic mass is 9.97. The molecule has 0 amide bonds. The molecular weight excluding hydrogens is 364 g/mol. The van der Waals surface area contributed by atoms with E-state index < -0.39 is 12.1 Å². The van der Waals surface area contributed by atoms with Crippen LogP contribution in [0.3, 0.4) is 0 Å². The van der Waals surface area contributed by atoms with Crippen molar-refractivity contribution in [3.8, 4) is 5.75 Å². The first-order chi connectivity index (χ1) is 12.9. The summed E-state index contributed by atoms with van der Waals surface area (Å²) in [5.41, 5.74) is 2.27. The maximum absolute atomic E-state index is 11.0. The monoisotopic (exact) mass is 390 g/mol. The Bertz CT molecular complexity index is 784. The van der Waals surface area contributed by atoms with E-state index in [1.807, 2.05) is 26.0 Å². The Morgan fingerprint density at radius 3 is 2.74 bits per heavy atom. The fourth-order valence-electron chi connectivity index (χ4n) is 3.44. The number of rotatable bonds is 7. The first-order valence-corrected chi connectivity index (χ1v) is 10.0. The number of piperidine rings is 1. The molecule has 0 bridgehead atoms. The first kappa shape index (κ1) is 19.8. The molecule has 0 saturated carbocycles. The van der Waals surface area contributed by atoms with Gasteiger partial charge in [0.1, 0.15) is 23.3 Å². The predicted octanol–water partition coefficient (Wildman–Crippen LogP) is 3.08. The lowest BCUT2D eigenvalue weighted by molar-refractivity contribution is 0.0592. The Kier molecular flexibility index (Phi) is 6.46. The maximum atomic E-state index is 11.0. The molecule has 1 aliphatic rings. The topological polar surface area (TPSA) is 82.9 Å². The fraction of sp³-hybridized carbons (Fsp3) is 0.500. The van der Waals surface area contributed by atoms with Gasteiger partial charge < -0.3 is 19.8 Å². The van der Waals surface area contributed by atoms with Crippen LogP contribution in [0.15, 0.2) is 24.4 Å². The number of aromatic carboxylic acids is 1. The number of benzene rings is 1. The third kappa shape index (κ3) is 5.28. The van der Waals surface area contributed by atoms with Gasteiger partial charge in [-0.25, -0.2) is 9.78 Å². The number of hydrogen-bond donors (Lipinski definition) is 2. The highest BCUT2D eigenvalue weighted by atomic mass is 32.1. The summed E-state index contributed by atoms with van der Waals surface area (Å²) in [6.45, 7) is 6.64. The largest absolute Gasteiger partial charge is 0.491 e. The number of aliphatic hydroxyl groups excluding tert-OH is 1. The van der Waals surface area contributed by atoms with E-state index in [0.29, 0.717) is 17.3 Å². The van der Waals surface area contributed by atoms with E-state index in [4.69, 9.17) is 9.84 Å². The van der Waals surface area contributed by atoms with Crippen molar-refractivity contribution in [1.82, 2.24) is 9.88 Å². The van der Waals surface area contributed by atoms with Gasteiger partial charge >= 0.3 is 5.97 Å². The van der Waals surface area contributed by atoms with E-state index in [1.165, 1.54) is 23.1 Å². The minimum Gasteiger partial charge on any atom is -0.491 e. The van der Waals surface area contributed by atoms with E-state index in [1.54, 1.807) is 0 Å². The normalized spacial score (nSPS) is 17.0. The second kappa shape index (κ2) is 8.82. The molecule has 146 valence electrons. The molecule has 27 heavy (non-hydrogen) atoms. The van der Waals surface area contributed by atoms with Gasteiger partial charge in [-0.2, -0.15) is 0 Å². The Morgan fingerprint density at radius 2 is 2.11 bits per heavy atom. The molecule has 1 fully saturated rings. The van der Waals surface area contributed by atoms with Gasteiger partial charge in [0.25, 0.3) is 0 Å². The van der Waals surface area contributed by atoms with Crippen LogP contribution in [0.5, 0.6) is 5.75 Å². The number of hydrogen-bond acceptors (Lipinski definition) is 6. The number of β-amino-alcohol motifs (C(OH)–C–C–N with tert-alkyl or cyclic N) is 1. The summed E-state index contributed by atoms with van der Waals surface area (Å²) < 4.78 is 5.77. The highest BCUT2D eigenvalue weighted by Gasteiger charge is 2.25. The smallest absolute Gasteiger partial charge is 0.347 e. The van der Waals surface area contributed by atoms with Crippen molar-refractivity contribution in [3.63, 3.8) is 0 Å². The van der Waals surface area contributed by atoms with Crippen molar-refractivity contribution in [2.45, 2.75) is 38.7 Å². The number of thiazole rings is 1. The number of carboxylic acids is 1. The number of nitrogens with zero attached hydrogens (tertiary/aromatic N) is 2. The Morgan fingerprint density at radius 1 is 1.37 bits per heavy atom. The molecule has 2 heterocycles. The van der Waals surface area contributed by atoms with Gasteiger partial charge in [-0.1, -0.05) is 17.7 Å². The average Bonchev–Trinajstić information content (AvgIpc) is 3.12. The van der Waals surface area contributed by atoms with Gasteiger partial charge in [-0.05, 0) is 51.4 Å². The van der Waals surface area contributed by atoms with Gasteiger partial charge in [0.2, 0.25) is 0 Å². The van der Waals surface area contributed by atoms with Crippen molar-refractivity contribution >= 4 is 17.3 Å². The van der Waals surface area contributed by atoms with Crippen molar-refractivity contribution in [1.29, 1.82) is 0 Å². The second-order valence-corrected chi connectivity index (χ2v) is 8.24. The number of carboxylic acid groups (broad SMARTS) is 1. The summed E-state index contributed by atoms with van der Waals surface area (Å²) in [6, 6.07) is 6.02. The molecule has 6 nitrogen and oxygen atoms in total. The van der Waals surface area contributed by atoms with Crippen LogP contribution in [0.25, 0.3) is 0 Å². The van der Waals surface area contributed by atoms with Crippen LogP contribution in [0.4, 0.5) is 0 Å². The third-order valence-corrected chi connectivity index (χ3v) is 6.05. The number of likely N-dealkylation sites (tertiary alicyclic amines) is 1. The summed E-state index contributed by atoms with van der Waals surface area (Å²) in [5, 5.41) is 20.2. The molecule has 1 aromatic carbocycles. The number of carbonyl (C=O) groups is 1. The van der Waals surface area contributed by atoms with E-state index in [-0.39, 0.29) is 6.61 Å². The summed E-state index contributed by atoms with van der Waals surface area (Å²) in [4.78, 5) is 17.8. The van der Waals surface area contributed by atoms with Crippen molar-refractivity contribution in [3.05, 3.63) is 45.4 Å². The Hall–Kier alpha value is -1.96. The van der Waals surface area contributed by atoms with Gasteiger partial charge in [-0.15, -0.1) is 11.3 Å². The molecule has 0 aliphatic carbocycles. The molecule has 1 aliphatic heterocycles. The zero-order valence-electron chi connectivity index (χ0n) is 15.7. The zero-order valence-corrected chi connectivity index (χ0v) is 16.5. The van der Waals surface area contributed by atoms with Crippen LogP contribution < -0.4 is 4.74 Å². The minimum atomic E-state index is -0.914. The fourth-order valence-corrected chi connectivity index (χ4v) is 4.36. The third-order valence-electron chi connectivity index (χ3n) is 4.90. The van der Waals surface area contributed by atoms with Crippen molar-refractivity contribution in [2.75, 3.05) is 26.2 Å². The zero-order chi connectivity index (χ0) is 19.4. The Labute approximate surface area is 163 Å². The molecule has 1 aromatic heterocycles. The van der Waals surface area contributed by atoms with E-state index >= 15 is 0 Å². The van der Waals surface area contributed by atoms with Gasteiger partial charge in [-0.3, -0.25) is 0 Å².